The lowest BCUT2D eigenvalue weighted by Gasteiger charge is -2.11. The first kappa shape index (κ1) is 23.6. The summed E-state index contributed by atoms with van der Waals surface area (Å²) in [4.78, 5) is 45.1. The lowest BCUT2D eigenvalue weighted by atomic mass is 10.1. The van der Waals surface area contributed by atoms with E-state index >= 15 is 0 Å². The molecule has 2 N–H and O–H groups in total. The van der Waals surface area contributed by atoms with E-state index in [-0.39, 0.29) is 35.9 Å². The number of ketones is 1. The Bertz CT molecular complexity index is 1160. The quantitative estimate of drug-likeness (QED) is 0.358. The van der Waals surface area contributed by atoms with E-state index in [2.05, 4.69) is 25.7 Å². The number of rotatable bonds is 9. The Morgan fingerprint density at radius 2 is 1.74 bits per heavy atom. The first-order chi connectivity index (χ1) is 16.5. The Morgan fingerprint density at radius 1 is 1.03 bits per heavy atom. The van der Waals surface area contributed by atoms with E-state index in [1.807, 2.05) is 0 Å². The van der Waals surface area contributed by atoms with Crippen molar-refractivity contribution in [3.8, 4) is 11.4 Å². The smallest absolute Gasteiger partial charge is 0.246 e. The first-order valence-corrected chi connectivity index (χ1v) is 12.1. The zero-order valence-corrected chi connectivity index (χ0v) is 19.7. The van der Waals surface area contributed by atoms with Crippen LogP contribution in [0.15, 0.2) is 53.9 Å². The van der Waals surface area contributed by atoms with Gasteiger partial charge in [-0.05, 0) is 56.2 Å². The van der Waals surface area contributed by atoms with E-state index in [1.54, 1.807) is 48.8 Å². The molecule has 0 radical (unpaired) electrons. The number of thioether (sulfide) groups is 1. The van der Waals surface area contributed by atoms with E-state index in [4.69, 9.17) is 0 Å². The predicted molar refractivity (Wildman–Crippen MR) is 129 cm³/mol. The minimum absolute atomic E-state index is 0.0391. The number of hydrogen-bond donors (Lipinski definition) is 2. The van der Waals surface area contributed by atoms with Crippen molar-refractivity contribution >= 4 is 35.0 Å². The van der Waals surface area contributed by atoms with Gasteiger partial charge >= 0.3 is 0 Å². The molecule has 1 saturated carbocycles. The Balaban J connectivity index is 1.45. The number of carbonyl (C=O) groups is 3. The number of aromatic nitrogens is 4. The van der Waals surface area contributed by atoms with Gasteiger partial charge in [0.05, 0.1) is 5.75 Å². The number of anilines is 1. The van der Waals surface area contributed by atoms with Gasteiger partial charge in [-0.25, -0.2) is 9.67 Å². The molecular weight excluding hydrogens is 452 g/mol. The number of amides is 2. The van der Waals surface area contributed by atoms with Crippen molar-refractivity contribution < 1.29 is 14.4 Å². The fourth-order valence-electron chi connectivity index (χ4n) is 3.76. The molecule has 4 rings (SSSR count). The van der Waals surface area contributed by atoms with Gasteiger partial charge in [0, 0.05) is 35.2 Å². The lowest BCUT2D eigenvalue weighted by molar-refractivity contribution is -0.119. The van der Waals surface area contributed by atoms with Crippen LogP contribution in [0, 0.1) is 0 Å². The van der Waals surface area contributed by atoms with Crippen LogP contribution in [0.1, 0.15) is 43.0 Å². The Morgan fingerprint density at radius 3 is 2.41 bits per heavy atom. The predicted octanol–water partition coefficient (Wildman–Crippen LogP) is 3.33. The zero-order valence-electron chi connectivity index (χ0n) is 18.9. The molecule has 0 aliphatic heterocycles. The van der Waals surface area contributed by atoms with Gasteiger partial charge in [0.15, 0.2) is 16.8 Å². The molecule has 10 heteroatoms. The minimum Gasteiger partial charge on any atom is -0.353 e. The van der Waals surface area contributed by atoms with Crippen LogP contribution in [0.2, 0.25) is 0 Å². The summed E-state index contributed by atoms with van der Waals surface area (Å²) in [5, 5.41) is 10.9. The molecule has 1 aliphatic carbocycles. The fourth-order valence-corrected chi connectivity index (χ4v) is 4.50. The van der Waals surface area contributed by atoms with Crippen LogP contribution in [-0.4, -0.2) is 49.1 Å². The normalized spacial score (nSPS) is 13.6. The molecule has 3 aromatic rings. The topological polar surface area (TPSA) is 119 Å². The average Bonchev–Trinajstić information content (AvgIpc) is 3.48. The van der Waals surface area contributed by atoms with Crippen LogP contribution < -0.4 is 10.6 Å². The molecule has 9 nitrogen and oxygen atoms in total. The van der Waals surface area contributed by atoms with Gasteiger partial charge in [-0.1, -0.05) is 24.6 Å². The van der Waals surface area contributed by atoms with Gasteiger partial charge in [0.1, 0.15) is 6.54 Å². The molecule has 1 aliphatic rings. The summed E-state index contributed by atoms with van der Waals surface area (Å²) in [5.41, 5.74) is 1.92. The van der Waals surface area contributed by atoms with E-state index < -0.39 is 0 Å². The summed E-state index contributed by atoms with van der Waals surface area (Å²) in [7, 11) is 0. The van der Waals surface area contributed by atoms with Crippen molar-refractivity contribution in [2.75, 3.05) is 11.1 Å². The highest BCUT2D eigenvalue weighted by molar-refractivity contribution is 7.99. The molecule has 2 amide bonds. The molecule has 0 bridgehead atoms. The summed E-state index contributed by atoms with van der Waals surface area (Å²) < 4.78 is 1.50. The van der Waals surface area contributed by atoms with Crippen molar-refractivity contribution in [1.29, 1.82) is 0 Å². The van der Waals surface area contributed by atoms with Crippen molar-refractivity contribution in [2.24, 2.45) is 0 Å². The molecule has 1 fully saturated rings. The lowest BCUT2D eigenvalue weighted by Crippen LogP contribution is -2.33. The molecule has 2 aromatic heterocycles. The van der Waals surface area contributed by atoms with E-state index in [9.17, 15) is 14.4 Å². The van der Waals surface area contributed by atoms with Gasteiger partial charge in [0.2, 0.25) is 11.8 Å². The van der Waals surface area contributed by atoms with Crippen LogP contribution in [0.4, 0.5) is 5.69 Å². The van der Waals surface area contributed by atoms with Gasteiger partial charge in [-0.2, -0.15) is 0 Å². The second-order valence-corrected chi connectivity index (χ2v) is 9.07. The standard InChI is InChI=1S/C24H26N6O3S/c1-16(31)17-6-8-20(9-7-17)26-21(32)14-30-24(28-23(29-30)18-10-12-25-13-11-18)34-15-22(33)27-19-4-2-3-5-19/h6-13,19H,2-5,14-15H2,1H3,(H,26,32)(H,27,33). The van der Waals surface area contributed by atoms with Gasteiger partial charge in [-0.3, -0.25) is 19.4 Å². The number of carbonyl (C=O) groups excluding carboxylic acids is 3. The summed E-state index contributed by atoms with van der Waals surface area (Å²) in [6.07, 6.45) is 7.63. The second kappa shape index (κ2) is 11.1. The number of pyridine rings is 1. The highest BCUT2D eigenvalue weighted by Crippen LogP contribution is 2.22. The van der Waals surface area contributed by atoms with Gasteiger partial charge in [0.25, 0.3) is 0 Å². The zero-order chi connectivity index (χ0) is 23.9. The third kappa shape index (κ3) is 6.28. The highest BCUT2D eigenvalue weighted by atomic mass is 32.2. The van der Waals surface area contributed by atoms with E-state index in [0.717, 1.165) is 31.2 Å². The third-order valence-electron chi connectivity index (χ3n) is 5.50. The molecule has 34 heavy (non-hydrogen) atoms. The monoisotopic (exact) mass is 478 g/mol. The van der Waals surface area contributed by atoms with Gasteiger partial charge < -0.3 is 10.6 Å². The molecule has 0 atom stereocenters. The number of hydrogen-bond acceptors (Lipinski definition) is 7. The fraction of sp³-hybridized carbons (Fsp3) is 0.333. The minimum atomic E-state index is -0.293. The average molecular weight is 479 g/mol. The molecule has 0 spiro atoms. The van der Waals surface area contributed by atoms with Gasteiger partial charge in [-0.15, -0.1) is 5.10 Å². The summed E-state index contributed by atoms with van der Waals surface area (Å²) >= 11 is 1.25. The number of benzene rings is 1. The molecule has 2 heterocycles. The van der Waals surface area contributed by atoms with Crippen molar-refractivity contribution in [2.45, 2.75) is 50.4 Å². The maximum absolute atomic E-state index is 12.7. The highest BCUT2D eigenvalue weighted by Gasteiger charge is 2.19. The first-order valence-electron chi connectivity index (χ1n) is 11.2. The van der Waals surface area contributed by atoms with Crippen molar-refractivity contribution in [1.82, 2.24) is 25.1 Å². The van der Waals surface area contributed by atoms with E-state index in [1.165, 1.54) is 23.4 Å². The van der Waals surface area contributed by atoms with Crippen LogP contribution >= 0.6 is 11.8 Å². The van der Waals surface area contributed by atoms with E-state index in [0.29, 0.717) is 22.2 Å². The summed E-state index contributed by atoms with van der Waals surface area (Å²) in [6.45, 7) is 1.42. The molecule has 0 unspecified atom stereocenters. The SMILES string of the molecule is CC(=O)c1ccc(NC(=O)Cn2nc(-c3ccncc3)nc2SCC(=O)NC2CCCC2)cc1. The number of nitrogens with one attached hydrogen (secondary N) is 2. The Hall–Kier alpha value is -3.53. The second-order valence-electron chi connectivity index (χ2n) is 8.13. The van der Waals surface area contributed by atoms with Crippen molar-refractivity contribution in [3.63, 3.8) is 0 Å². The Labute approximate surface area is 201 Å². The molecular formula is C24H26N6O3S. The van der Waals surface area contributed by atoms with Crippen LogP contribution in [0.3, 0.4) is 0 Å². The molecule has 1 aromatic carbocycles. The summed E-state index contributed by atoms with van der Waals surface area (Å²) in [6, 6.07) is 10.5. The summed E-state index contributed by atoms with van der Waals surface area (Å²) in [5.74, 6) is 0.271. The maximum Gasteiger partial charge on any atom is 0.246 e. The van der Waals surface area contributed by atoms with Crippen molar-refractivity contribution in [3.05, 3.63) is 54.4 Å². The molecule has 176 valence electrons. The van der Waals surface area contributed by atoms with Crippen LogP contribution in [0.25, 0.3) is 11.4 Å². The number of Topliss-reactive ketones (excluding diaryl/α,β-unsaturated/α-hetero) is 1. The third-order valence-corrected chi connectivity index (χ3v) is 6.46. The Kier molecular flexibility index (Phi) is 7.69. The molecule has 0 saturated heterocycles. The van der Waals surface area contributed by atoms with Crippen LogP contribution in [0.5, 0.6) is 0 Å². The largest absolute Gasteiger partial charge is 0.353 e. The number of nitrogens with zero attached hydrogens (tertiary/aromatic N) is 4. The maximum atomic E-state index is 12.7. The van der Waals surface area contributed by atoms with Crippen LogP contribution in [-0.2, 0) is 16.1 Å².